The summed E-state index contributed by atoms with van der Waals surface area (Å²) in [6.45, 7) is 5.99. The molecule has 1 aliphatic carbocycles. The van der Waals surface area contributed by atoms with Crippen molar-refractivity contribution in [3.63, 3.8) is 0 Å². The van der Waals surface area contributed by atoms with Gasteiger partial charge in [-0.15, -0.1) is 0 Å². The molecule has 1 aliphatic rings. The zero-order chi connectivity index (χ0) is 18.3. The van der Waals surface area contributed by atoms with E-state index in [1.165, 1.54) is 0 Å². The highest BCUT2D eigenvalue weighted by atomic mass is 16.6. The van der Waals surface area contributed by atoms with E-state index in [9.17, 15) is 9.59 Å². The fourth-order valence-electron chi connectivity index (χ4n) is 3.42. The molecule has 0 saturated heterocycles. The molecule has 1 aromatic rings. The SMILES string of the molecule is CC(C)(C)OC(=O)C[C@@H]1CCC[C@H](CC(=O)OCc2ccccc2)C1. The fourth-order valence-corrected chi connectivity index (χ4v) is 3.42. The number of hydrogen-bond acceptors (Lipinski definition) is 4. The average Bonchev–Trinajstić information content (AvgIpc) is 2.52. The van der Waals surface area contributed by atoms with Gasteiger partial charge >= 0.3 is 11.9 Å². The van der Waals surface area contributed by atoms with Crippen LogP contribution in [0.5, 0.6) is 0 Å². The molecule has 1 aromatic carbocycles. The second-order valence-electron chi connectivity index (χ2n) is 8.04. The number of hydrogen-bond donors (Lipinski definition) is 0. The van der Waals surface area contributed by atoms with Gasteiger partial charge in [0.25, 0.3) is 0 Å². The first kappa shape index (κ1) is 19.5. The lowest BCUT2D eigenvalue weighted by atomic mass is 9.78. The molecule has 2 rings (SSSR count). The maximum Gasteiger partial charge on any atom is 0.306 e. The van der Waals surface area contributed by atoms with Gasteiger partial charge in [0.1, 0.15) is 12.2 Å². The van der Waals surface area contributed by atoms with Gasteiger partial charge in [0, 0.05) is 12.8 Å². The predicted molar refractivity (Wildman–Crippen MR) is 96.8 cm³/mol. The van der Waals surface area contributed by atoms with Crippen molar-refractivity contribution in [2.75, 3.05) is 0 Å². The van der Waals surface area contributed by atoms with Crippen LogP contribution in [0.4, 0.5) is 0 Å². The summed E-state index contributed by atoms with van der Waals surface area (Å²) in [6.07, 6.45) is 4.92. The van der Waals surface area contributed by atoms with Crippen LogP contribution < -0.4 is 0 Å². The van der Waals surface area contributed by atoms with Crippen molar-refractivity contribution in [2.24, 2.45) is 11.8 Å². The smallest absolute Gasteiger partial charge is 0.306 e. The topological polar surface area (TPSA) is 52.6 Å². The van der Waals surface area contributed by atoms with Crippen LogP contribution in [0, 0.1) is 11.8 Å². The predicted octanol–water partition coefficient (Wildman–Crippen LogP) is 4.66. The second-order valence-corrected chi connectivity index (χ2v) is 8.04. The molecule has 0 spiro atoms. The van der Waals surface area contributed by atoms with Crippen molar-refractivity contribution in [3.8, 4) is 0 Å². The minimum absolute atomic E-state index is 0.134. The molecular weight excluding hydrogens is 316 g/mol. The number of carbonyl (C=O) groups is 2. The molecule has 4 nitrogen and oxygen atoms in total. The fraction of sp³-hybridized carbons (Fsp3) is 0.619. The largest absolute Gasteiger partial charge is 0.461 e. The Kier molecular flexibility index (Phi) is 7.03. The van der Waals surface area contributed by atoms with E-state index in [0.717, 1.165) is 31.2 Å². The van der Waals surface area contributed by atoms with E-state index in [2.05, 4.69) is 0 Å². The highest BCUT2D eigenvalue weighted by Crippen LogP contribution is 2.33. The van der Waals surface area contributed by atoms with E-state index in [1.807, 2.05) is 51.1 Å². The lowest BCUT2D eigenvalue weighted by Gasteiger charge is -2.29. The number of rotatable bonds is 6. The highest BCUT2D eigenvalue weighted by molar-refractivity contribution is 5.70. The summed E-state index contributed by atoms with van der Waals surface area (Å²) in [5.41, 5.74) is 0.564. The standard InChI is InChI=1S/C21H30O4/c1-21(2,3)25-20(23)14-18-11-7-10-17(12-18)13-19(22)24-15-16-8-5-4-6-9-16/h4-6,8-9,17-18H,7,10-15H2,1-3H3/t17-,18+/m0/s1. The van der Waals surface area contributed by atoms with Gasteiger partial charge < -0.3 is 9.47 Å². The molecule has 1 fully saturated rings. The van der Waals surface area contributed by atoms with E-state index >= 15 is 0 Å². The molecule has 0 unspecified atom stereocenters. The Labute approximate surface area is 150 Å². The van der Waals surface area contributed by atoms with Gasteiger partial charge in [-0.2, -0.15) is 0 Å². The highest BCUT2D eigenvalue weighted by Gasteiger charge is 2.27. The summed E-state index contributed by atoms with van der Waals surface area (Å²) in [5.74, 6) is 0.344. The maximum absolute atomic E-state index is 12.1. The quantitative estimate of drug-likeness (QED) is 0.703. The summed E-state index contributed by atoms with van der Waals surface area (Å²) in [4.78, 5) is 24.1. The molecule has 0 aromatic heterocycles. The van der Waals surface area contributed by atoms with Gasteiger partial charge in [-0.3, -0.25) is 9.59 Å². The number of benzene rings is 1. The third kappa shape index (κ3) is 7.72. The summed E-state index contributed by atoms with van der Waals surface area (Å²) in [6, 6.07) is 9.71. The molecule has 0 N–H and O–H groups in total. The summed E-state index contributed by atoms with van der Waals surface area (Å²) in [5, 5.41) is 0. The molecule has 4 heteroatoms. The van der Waals surface area contributed by atoms with E-state index in [1.54, 1.807) is 0 Å². The van der Waals surface area contributed by atoms with Crippen LogP contribution in [0.2, 0.25) is 0 Å². The maximum atomic E-state index is 12.1. The van der Waals surface area contributed by atoms with E-state index in [0.29, 0.717) is 31.3 Å². The summed E-state index contributed by atoms with van der Waals surface area (Å²) < 4.78 is 10.8. The molecule has 138 valence electrons. The Bertz CT molecular complexity index is 559. The van der Waals surface area contributed by atoms with Gasteiger partial charge in [0.15, 0.2) is 0 Å². The zero-order valence-corrected chi connectivity index (χ0v) is 15.6. The molecule has 2 atom stereocenters. The first-order valence-electron chi connectivity index (χ1n) is 9.23. The lowest BCUT2D eigenvalue weighted by Crippen LogP contribution is -2.27. The molecular formula is C21H30O4. The molecule has 0 heterocycles. The number of esters is 2. The minimum atomic E-state index is -0.438. The van der Waals surface area contributed by atoms with Gasteiger partial charge in [0.05, 0.1) is 0 Å². The summed E-state index contributed by atoms with van der Waals surface area (Å²) >= 11 is 0. The van der Waals surface area contributed by atoms with Gasteiger partial charge in [-0.05, 0) is 57.4 Å². The van der Waals surface area contributed by atoms with Crippen molar-refractivity contribution in [3.05, 3.63) is 35.9 Å². The van der Waals surface area contributed by atoms with Gasteiger partial charge in [-0.1, -0.05) is 36.8 Å². The Morgan fingerprint density at radius 3 is 2.20 bits per heavy atom. The van der Waals surface area contributed by atoms with Crippen LogP contribution in [0.3, 0.4) is 0 Å². The van der Waals surface area contributed by atoms with Crippen LogP contribution in [-0.2, 0) is 25.7 Å². The first-order valence-corrected chi connectivity index (χ1v) is 9.23. The first-order chi connectivity index (χ1) is 11.8. The lowest BCUT2D eigenvalue weighted by molar-refractivity contribution is -0.156. The Hall–Kier alpha value is -1.84. The van der Waals surface area contributed by atoms with Gasteiger partial charge in [-0.25, -0.2) is 0 Å². The Morgan fingerprint density at radius 1 is 1.00 bits per heavy atom. The van der Waals surface area contributed by atoms with Crippen molar-refractivity contribution >= 4 is 11.9 Å². The average molecular weight is 346 g/mol. The number of ether oxygens (including phenoxy) is 2. The monoisotopic (exact) mass is 346 g/mol. The second kappa shape index (κ2) is 9.02. The van der Waals surface area contributed by atoms with Crippen LogP contribution in [0.25, 0.3) is 0 Å². The van der Waals surface area contributed by atoms with Crippen molar-refractivity contribution in [1.29, 1.82) is 0 Å². The van der Waals surface area contributed by atoms with Crippen LogP contribution >= 0.6 is 0 Å². The Balaban J connectivity index is 1.73. The van der Waals surface area contributed by atoms with Crippen molar-refractivity contribution in [1.82, 2.24) is 0 Å². The molecule has 0 radical (unpaired) electrons. The third-order valence-electron chi connectivity index (χ3n) is 4.46. The summed E-state index contributed by atoms with van der Waals surface area (Å²) in [7, 11) is 0. The van der Waals surface area contributed by atoms with Crippen molar-refractivity contribution < 1.29 is 19.1 Å². The zero-order valence-electron chi connectivity index (χ0n) is 15.6. The van der Waals surface area contributed by atoms with E-state index in [4.69, 9.17) is 9.47 Å². The molecule has 0 amide bonds. The minimum Gasteiger partial charge on any atom is -0.461 e. The number of carbonyl (C=O) groups excluding carboxylic acids is 2. The van der Waals surface area contributed by atoms with Gasteiger partial charge in [0.2, 0.25) is 0 Å². The van der Waals surface area contributed by atoms with Crippen molar-refractivity contribution in [2.45, 2.75) is 71.5 Å². The molecule has 1 saturated carbocycles. The van der Waals surface area contributed by atoms with Crippen LogP contribution in [0.1, 0.15) is 64.9 Å². The molecule has 25 heavy (non-hydrogen) atoms. The van der Waals surface area contributed by atoms with E-state index in [-0.39, 0.29) is 11.9 Å². The normalized spacial score (nSPS) is 20.8. The van der Waals surface area contributed by atoms with Crippen LogP contribution in [0.15, 0.2) is 30.3 Å². The van der Waals surface area contributed by atoms with Crippen LogP contribution in [-0.4, -0.2) is 17.5 Å². The molecule has 0 bridgehead atoms. The molecule has 0 aliphatic heterocycles. The third-order valence-corrected chi connectivity index (χ3v) is 4.46. The Morgan fingerprint density at radius 2 is 1.60 bits per heavy atom. The van der Waals surface area contributed by atoms with E-state index < -0.39 is 5.60 Å².